The SMILES string of the molecule is CC(C)(CCCO)CN=C(N)NC(C)(C)C. The molecule has 0 aromatic heterocycles. The largest absolute Gasteiger partial charge is 0.396 e. The topological polar surface area (TPSA) is 70.6 Å². The molecular weight excluding hydrogens is 202 g/mol. The lowest BCUT2D eigenvalue weighted by Gasteiger charge is -2.24. The van der Waals surface area contributed by atoms with E-state index in [1.165, 1.54) is 0 Å². The van der Waals surface area contributed by atoms with Gasteiger partial charge in [0.2, 0.25) is 0 Å². The number of aliphatic imine (C=N–C) groups is 1. The van der Waals surface area contributed by atoms with Crippen molar-refractivity contribution >= 4 is 5.96 Å². The summed E-state index contributed by atoms with van der Waals surface area (Å²) >= 11 is 0. The second kappa shape index (κ2) is 6.09. The number of aliphatic hydroxyl groups is 1. The molecule has 96 valence electrons. The Kier molecular flexibility index (Phi) is 5.79. The van der Waals surface area contributed by atoms with Gasteiger partial charge in [0.25, 0.3) is 0 Å². The first kappa shape index (κ1) is 15.2. The average molecular weight is 229 g/mol. The number of nitrogens with zero attached hydrogens (tertiary/aromatic N) is 1. The first-order valence-corrected chi connectivity index (χ1v) is 5.85. The van der Waals surface area contributed by atoms with Crippen LogP contribution in [0.5, 0.6) is 0 Å². The van der Waals surface area contributed by atoms with E-state index in [2.05, 4.69) is 24.2 Å². The van der Waals surface area contributed by atoms with Crippen LogP contribution >= 0.6 is 0 Å². The molecule has 16 heavy (non-hydrogen) atoms. The van der Waals surface area contributed by atoms with Gasteiger partial charge in [0, 0.05) is 18.7 Å². The Morgan fingerprint density at radius 3 is 2.25 bits per heavy atom. The van der Waals surface area contributed by atoms with Crippen molar-refractivity contribution in [1.29, 1.82) is 0 Å². The first-order valence-electron chi connectivity index (χ1n) is 5.85. The van der Waals surface area contributed by atoms with E-state index in [0.29, 0.717) is 12.5 Å². The van der Waals surface area contributed by atoms with Crippen molar-refractivity contribution in [3.8, 4) is 0 Å². The second-order valence-electron chi connectivity index (χ2n) is 6.07. The Labute approximate surface area is 99.3 Å². The van der Waals surface area contributed by atoms with Crippen molar-refractivity contribution in [2.24, 2.45) is 16.1 Å². The fourth-order valence-electron chi connectivity index (χ4n) is 1.36. The fourth-order valence-corrected chi connectivity index (χ4v) is 1.36. The van der Waals surface area contributed by atoms with Gasteiger partial charge in [0.05, 0.1) is 0 Å². The van der Waals surface area contributed by atoms with E-state index in [9.17, 15) is 0 Å². The van der Waals surface area contributed by atoms with Gasteiger partial charge in [-0.1, -0.05) is 13.8 Å². The summed E-state index contributed by atoms with van der Waals surface area (Å²) in [7, 11) is 0. The molecule has 0 radical (unpaired) electrons. The summed E-state index contributed by atoms with van der Waals surface area (Å²) in [6, 6.07) is 0. The number of hydrogen-bond acceptors (Lipinski definition) is 2. The number of guanidine groups is 1. The molecule has 4 N–H and O–H groups in total. The standard InChI is InChI=1S/C12H27N3O/c1-11(2,3)15-10(13)14-9-12(4,5)7-6-8-16/h16H,6-9H2,1-5H3,(H3,13,14,15). The molecule has 0 spiro atoms. The van der Waals surface area contributed by atoms with Crippen LogP contribution in [0.3, 0.4) is 0 Å². The minimum Gasteiger partial charge on any atom is -0.396 e. The van der Waals surface area contributed by atoms with Crippen molar-refractivity contribution in [1.82, 2.24) is 5.32 Å². The van der Waals surface area contributed by atoms with E-state index in [-0.39, 0.29) is 17.6 Å². The molecule has 0 heterocycles. The van der Waals surface area contributed by atoms with Gasteiger partial charge in [-0.05, 0) is 39.0 Å². The molecule has 0 aromatic rings. The van der Waals surface area contributed by atoms with Crippen LogP contribution in [0.15, 0.2) is 4.99 Å². The molecule has 0 amide bonds. The highest BCUT2D eigenvalue weighted by molar-refractivity contribution is 5.78. The highest BCUT2D eigenvalue weighted by Gasteiger charge is 2.17. The molecule has 0 bridgehead atoms. The zero-order valence-corrected chi connectivity index (χ0v) is 11.3. The normalized spacial score (nSPS) is 14.0. The van der Waals surface area contributed by atoms with Crippen LogP contribution in [-0.4, -0.2) is 29.8 Å². The molecule has 0 aliphatic carbocycles. The molecular formula is C12H27N3O. The molecule has 4 nitrogen and oxygen atoms in total. The zero-order chi connectivity index (χ0) is 12.8. The van der Waals surface area contributed by atoms with Crippen LogP contribution in [0.2, 0.25) is 0 Å². The van der Waals surface area contributed by atoms with Gasteiger partial charge in [-0.15, -0.1) is 0 Å². The van der Waals surface area contributed by atoms with Crippen LogP contribution in [0.4, 0.5) is 0 Å². The van der Waals surface area contributed by atoms with Gasteiger partial charge in [0.15, 0.2) is 5.96 Å². The summed E-state index contributed by atoms with van der Waals surface area (Å²) in [6.45, 7) is 11.3. The molecule has 0 unspecified atom stereocenters. The molecule has 0 aliphatic rings. The number of aliphatic hydroxyl groups excluding tert-OH is 1. The van der Waals surface area contributed by atoms with E-state index in [4.69, 9.17) is 10.8 Å². The zero-order valence-electron chi connectivity index (χ0n) is 11.3. The molecule has 0 rings (SSSR count). The highest BCUT2D eigenvalue weighted by Crippen LogP contribution is 2.22. The smallest absolute Gasteiger partial charge is 0.189 e. The van der Waals surface area contributed by atoms with Crippen molar-refractivity contribution in [2.75, 3.05) is 13.2 Å². The Morgan fingerprint density at radius 1 is 1.25 bits per heavy atom. The van der Waals surface area contributed by atoms with Crippen molar-refractivity contribution in [3.63, 3.8) is 0 Å². The van der Waals surface area contributed by atoms with Crippen molar-refractivity contribution in [3.05, 3.63) is 0 Å². The number of hydrogen-bond donors (Lipinski definition) is 3. The minimum atomic E-state index is -0.0528. The first-order chi connectivity index (χ1) is 7.16. The highest BCUT2D eigenvalue weighted by atomic mass is 16.2. The number of nitrogens with two attached hydrogens (primary N) is 1. The molecule has 0 aliphatic heterocycles. The second-order valence-corrected chi connectivity index (χ2v) is 6.07. The van der Waals surface area contributed by atoms with Crippen LogP contribution in [-0.2, 0) is 0 Å². The molecule has 0 aromatic carbocycles. The third kappa shape index (κ3) is 8.53. The molecule has 4 heteroatoms. The lowest BCUT2D eigenvalue weighted by molar-refractivity contribution is 0.245. The van der Waals surface area contributed by atoms with Gasteiger partial charge in [-0.3, -0.25) is 4.99 Å². The van der Waals surface area contributed by atoms with E-state index in [1.54, 1.807) is 0 Å². The summed E-state index contributed by atoms with van der Waals surface area (Å²) in [5.41, 5.74) is 5.82. The summed E-state index contributed by atoms with van der Waals surface area (Å²) in [4.78, 5) is 4.34. The maximum atomic E-state index is 8.79. The maximum absolute atomic E-state index is 8.79. The summed E-state index contributed by atoms with van der Waals surface area (Å²) in [5.74, 6) is 0.490. The van der Waals surface area contributed by atoms with E-state index < -0.39 is 0 Å². The molecule has 0 saturated carbocycles. The predicted octanol–water partition coefficient (Wildman–Crippen LogP) is 1.49. The van der Waals surface area contributed by atoms with Crippen LogP contribution in [0.25, 0.3) is 0 Å². The fraction of sp³-hybridized carbons (Fsp3) is 0.917. The van der Waals surface area contributed by atoms with Crippen molar-refractivity contribution in [2.45, 2.75) is 53.0 Å². The van der Waals surface area contributed by atoms with Gasteiger partial charge >= 0.3 is 0 Å². The average Bonchev–Trinajstić information content (AvgIpc) is 2.09. The summed E-state index contributed by atoms with van der Waals surface area (Å²) < 4.78 is 0. The third-order valence-electron chi connectivity index (χ3n) is 2.19. The number of rotatable bonds is 5. The van der Waals surface area contributed by atoms with Gasteiger partial charge in [-0.25, -0.2) is 0 Å². The summed E-state index contributed by atoms with van der Waals surface area (Å²) in [6.07, 6.45) is 1.77. The Morgan fingerprint density at radius 2 is 1.81 bits per heavy atom. The quantitative estimate of drug-likeness (QED) is 0.494. The minimum absolute atomic E-state index is 0.0528. The monoisotopic (exact) mass is 229 g/mol. The van der Waals surface area contributed by atoms with Gasteiger partial charge < -0.3 is 16.2 Å². The molecule has 0 fully saturated rings. The Bertz CT molecular complexity index is 229. The van der Waals surface area contributed by atoms with Gasteiger partial charge in [-0.2, -0.15) is 0 Å². The van der Waals surface area contributed by atoms with E-state index in [0.717, 1.165) is 12.8 Å². The van der Waals surface area contributed by atoms with E-state index in [1.807, 2.05) is 20.8 Å². The van der Waals surface area contributed by atoms with Crippen LogP contribution in [0, 0.1) is 5.41 Å². The van der Waals surface area contributed by atoms with Crippen LogP contribution in [0.1, 0.15) is 47.5 Å². The molecule has 0 atom stereocenters. The lowest BCUT2D eigenvalue weighted by Crippen LogP contribution is -2.45. The summed E-state index contributed by atoms with van der Waals surface area (Å²) in [5, 5.41) is 11.9. The predicted molar refractivity (Wildman–Crippen MR) is 69.5 cm³/mol. The van der Waals surface area contributed by atoms with Crippen molar-refractivity contribution < 1.29 is 5.11 Å². The third-order valence-corrected chi connectivity index (χ3v) is 2.19. The van der Waals surface area contributed by atoms with Crippen LogP contribution < -0.4 is 11.1 Å². The van der Waals surface area contributed by atoms with E-state index >= 15 is 0 Å². The lowest BCUT2D eigenvalue weighted by atomic mass is 9.88. The Balaban J connectivity index is 4.14. The van der Waals surface area contributed by atoms with Gasteiger partial charge in [0.1, 0.15) is 0 Å². The Hall–Kier alpha value is -0.770. The number of nitrogens with one attached hydrogen (secondary N) is 1. The molecule has 0 saturated heterocycles. The maximum Gasteiger partial charge on any atom is 0.189 e.